The Morgan fingerprint density at radius 1 is 1.42 bits per heavy atom. The molecule has 1 aromatic carbocycles. The molecule has 1 saturated carbocycles. The zero-order valence-corrected chi connectivity index (χ0v) is 14.8. The number of halogens is 1. The minimum absolute atomic E-state index is 0.0923. The van der Waals surface area contributed by atoms with Gasteiger partial charge in [-0.15, -0.1) is 0 Å². The van der Waals surface area contributed by atoms with Gasteiger partial charge in [0, 0.05) is 36.9 Å². The Kier molecular flexibility index (Phi) is 5.74. The Morgan fingerprint density at radius 2 is 2.17 bits per heavy atom. The Morgan fingerprint density at radius 3 is 2.83 bits per heavy atom. The van der Waals surface area contributed by atoms with Crippen molar-refractivity contribution in [1.82, 2.24) is 4.90 Å². The second-order valence-electron chi connectivity index (χ2n) is 6.61. The first kappa shape index (κ1) is 17.6. The average Bonchev–Trinajstić information content (AvgIpc) is 3.42. The van der Waals surface area contributed by atoms with E-state index in [0.717, 1.165) is 31.4 Å². The van der Waals surface area contributed by atoms with Crippen LogP contribution in [0.3, 0.4) is 0 Å². The fourth-order valence-electron chi connectivity index (χ4n) is 3.32. The van der Waals surface area contributed by atoms with Crippen LogP contribution in [0.1, 0.15) is 30.9 Å². The second-order valence-corrected chi connectivity index (χ2v) is 7.23. The summed E-state index contributed by atoms with van der Waals surface area (Å²) < 4.78 is 19.5. The topological polar surface area (TPSA) is 29.5 Å². The van der Waals surface area contributed by atoms with E-state index in [2.05, 4.69) is 17.5 Å². The number of likely N-dealkylation sites (tertiary alicyclic amines) is 1. The van der Waals surface area contributed by atoms with Gasteiger partial charge >= 0.3 is 0 Å². The first-order chi connectivity index (χ1) is 11.6. The van der Waals surface area contributed by atoms with Crippen molar-refractivity contribution >= 4 is 18.4 Å². The van der Waals surface area contributed by atoms with Gasteiger partial charge in [0.15, 0.2) is 5.78 Å². The van der Waals surface area contributed by atoms with Gasteiger partial charge in [-0.1, -0.05) is 24.3 Å². The number of Topliss-reactive ketones (excluding diaryl/α,β-unsaturated/α-hetero) is 1. The molecule has 1 aromatic rings. The van der Waals surface area contributed by atoms with Crippen LogP contribution >= 0.6 is 12.6 Å². The summed E-state index contributed by atoms with van der Waals surface area (Å²) in [5.41, 5.74) is 1.65. The lowest BCUT2D eigenvalue weighted by Gasteiger charge is -2.37. The van der Waals surface area contributed by atoms with Gasteiger partial charge in [-0.25, -0.2) is 4.39 Å². The van der Waals surface area contributed by atoms with Gasteiger partial charge in [-0.05, 0) is 30.9 Å². The Bertz CT molecular complexity index is 630. The average molecular weight is 349 g/mol. The van der Waals surface area contributed by atoms with E-state index in [1.165, 1.54) is 6.07 Å². The fourth-order valence-corrected chi connectivity index (χ4v) is 3.62. The van der Waals surface area contributed by atoms with Gasteiger partial charge in [0.25, 0.3) is 0 Å². The maximum Gasteiger partial charge on any atom is 0.157 e. The molecule has 1 heterocycles. The van der Waals surface area contributed by atoms with E-state index in [9.17, 15) is 9.18 Å². The van der Waals surface area contributed by atoms with E-state index in [1.54, 1.807) is 25.3 Å². The third-order valence-corrected chi connectivity index (χ3v) is 5.42. The van der Waals surface area contributed by atoms with Crippen LogP contribution in [0.4, 0.5) is 4.39 Å². The normalized spacial score (nSPS) is 25.0. The number of methoxy groups -OCH3 is 1. The monoisotopic (exact) mass is 349 g/mol. The van der Waals surface area contributed by atoms with Gasteiger partial charge in [0.05, 0.1) is 12.6 Å². The van der Waals surface area contributed by atoms with Crippen molar-refractivity contribution < 1.29 is 13.9 Å². The van der Waals surface area contributed by atoms with Gasteiger partial charge in [-0.2, -0.15) is 12.6 Å². The largest absolute Gasteiger partial charge is 0.381 e. The Balaban J connectivity index is 1.88. The molecule has 24 heavy (non-hydrogen) atoms. The van der Waals surface area contributed by atoms with Crippen LogP contribution in [-0.2, 0) is 9.53 Å². The predicted octanol–water partition coefficient (Wildman–Crippen LogP) is 3.42. The number of nitrogens with zero attached hydrogens (tertiary/aromatic N) is 1. The molecule has 1 aliphatic heterocycles. The van der Waals surface area contributed by atoms with Gasteiger partial charge < -0.3 is 4.74 Å². The quantitative estimate of drug-likeness (QED) is 0.630. The molecule has 2 unspecified atom stereocenters. The molecule has 3 rings (SSSR count). The van der Waals surface area contributed by atoms with Gasteiger partial charge in [0.2, 0.25) is 0 Å². The highest BCUT2D eigenvalue weighted by Crippen LogP contribution is 2.39. The molecule has 0 radical (unpaired) electrons. The van der Waals surface area contributed by atoms with Crippen LogP contribution in [0.2, 0.25) is 0 Å². The number of benzene rings is 1. The van der Waals surface area contributed by atoms with Crippen LogP contribution in [0.15, 0.2) is 35.9 Å². The SMILES string of the molecule is COC/C=C1\CN(C(C(=O)C2CC2)c2ccccc2F)CCC1S. The summed E-state index contributed by atoms with van der Waals surface area (Å²) >= 11 is 4.64. The summed E-state index contributed by atoms with van der Waals surface area (Å²) in [6, 6.07) is 6.16. The highest BCUT2D eigenvalue weighted by Gasteiger charge is 2.40. The van der Waals surface area contributed by atoms with Crippen molar-refractivity contribution in [2.24, 2.45) is 5.92 Å². The lowest BCUT2D eigenvalue weighted by atomic mass is 9.93. The fraction of sp³-hybridized carbons (Fsp3) is 0.526. The van der Waals surface area contributed by atoms with E-state index in [0.29, 0.717) is 18.7 Å². The van der Waals surface area contributed by atoms with Crippen LogP contribution in [0, 0.1) is 11.7 Å². The number of ketones is 1. The molecule has 0 N–H and O–H groups in total. The second kappa shape index (κ2) is 7.81. The number of rotatable bonds is 6. The van der Waals surface area contributed by atoms with Crippen molar-refractivity contribution in [3.05, 3.63) is 47.3 Å². The number of carbonyl (C=O) groups is 1. The molecular weight excluding hydrogens is 325 g/mol. The maximum absolute atomic E-state index is 14.4. The molecule has 2 fully saturated rings. The summed E-state index contributed by atoms with van der Waals surface area (Å²) in [6.07, 6.45) is 4.74. The molecule has 2 atom stereocenters. The van der Waals surface area contributed by atoms with Crippen molar-refractivity contribution in [2.45, 2.75) is 30.6 Å². The number of carbonyl (C=O) groups excluding carboxylic acids is 1. The molecule has 0 spiro atoms. The molecule has 130 valence electrons. The van der Waals surface area contributed by atoms with Crippen LogP contribution in [-0.4, -0.2) is 42.7 Å². The summed E-state index contributed by atoms with van der Waals surface area (Å²) in [7, 11) is 1.66. The van der Waals surface area contributed by atoms with E-state index in [-0.39, 0.29) is 22.8 Å². The predicted molar refractivity (Wildman–Crippen MR) is 95.8 cm³/mol. The number of ether oxygens (including phenoxy) is 1. The molecule has 0 amide bonds. The maximum atomic E-state index is 14.4. The summed E-state index contributed by atoms with van der Waals surface area (Å²) in [6.45, 7) is 1.91. The van der Waals surface area contributed by atoms with Gasteiger partial charge in [-0.3, -0.25) is 9.69 Å². The lowest BCUT2D eigenvalue weighted by molar-refractivity contribution is -0.126. The summed E-state index contributed by atoms with van der Waals surface area (Å²) in [5.74, 6) is -0.0505. The van der Waals surface area contributed by atoms with Gasteiger partial charge in [0.1, 0.15) is 5.82 Å². The zero-order valence-electron chi connectivity index (χ0n) is 14.0. The molecule has 2 aliphatic rings. The molecule has 5 heteroatoms. The molecule has 1 saturated heterocycles. The molecule has 0 bridgehead atoms. The molecule has 1 aliphatic carbocycles. The van der Waals surface area contributed by atoms with Crippen LogP contribution in [0.5, 0.6) is 0 Å². The first-order valence-electron chi connectivity index (χ1n) is 8.50. The standard InChI is InChI=1S/C19H24FNO2S/c1-23-11-9-14-12-21(10-8-17(14)24)18(19(22)13-6-7-13)15-4-2-3-5-16(15)20/h2-5,9,13,17-18,24H,6-8,10-12H2,1H3/b14-9+. The van der Waals surface area contributed by atoms with E-state index >= 15 is 0 Å². The van der Waals surface area contributed by atoms with E-state index in [4.69, 9.17) is 4.74 Å². The van der Waals surface area contributed by atoms with Crippen molar-refractivity contribution in [3.8, 4) is 0 Å². The smallest absolute Gasteiger partial charge is 0.157 e. The highest BCUT2D eigenvalue weighted by molar-refractivity contribution is 7.81. The third kappa shape index (κ3) is 3.90. The lowest BCUT2D eigenvalue weighted by Crippen LogP contribution is -2.42. The third-order valence-electron chi connectivity index (χ3n) is 4.83. The highest BCUT2D eigenvalue weighted by atomic mass is 32.1. The molecule has 3 nitrogen and oxygen atoms in total. The summed E-state index contributed by atoms with van der Waals surface area (Å²) in [5, 5.41) is 0.175. The number of thiol groups is 1. The van der Waals surface area contributed by atoms with E-state index in [1.807, 2.05) is 6.08 Å². The van der Waals surface area contributed by atoms with Crippen molar-refractivity contribution in [2.75, 3.05) is 26.8 Å². The van der Waals surface area contributed by atoms with Crippen molar-refractivity contribution in [1.29, 1.82) is 0 Å². The van der Waals surface area contributed by atoms with Crippen LogP contribution in [0.25, 0.3) is 0 Å². The minimum atomic E-state index is -0.495. The number of hydrogen-bond donors (Lipinski definition) is 1. The number of hydrogen-bond acceptors (Lipinski definition) is 4. The van der Waals surface area contributed by atoms with Crippen molar-refractivity contribution in [3.63, 3.8) is 0 Å². The molecule has 0 aromatic heterocycles. The van der Waals surface area contributed by atoms with E-state index < -0.39 is 6.04 Å². The summed E-state index contributed by atoms with van der Waals surface area (Å²) in [4.78, 5) is 15.0. The number of piperidine rings is 1. The van der Waals surface area contributed by atoms with Crippen LogP contribution < -0.4 is 0 Å². The molecular formula is C19H24FNO2S. The Hall–Kier alpha value is -1.17. The zero-order chi connectivity index (χ0) is 17.1. The Labute approximate surface area is 148 Å². The minimum Gasteiger partial charge on any atom is -0.381 e. The first-order valence-corrected chi connectivity index (χ1v) is 9.01.